The summed E-state index contributed by atoms with van der Waals surface area (Å²) in [4.78, 5) is -0.247. The molecule has 3 rings (SSSR count). The minimum atomic E-state index is -4.88. The Kier molecular flexibility index (Phi) is 5.59. The number of halogens is 5. The number of benzene rings is 2. The first kappa shape index (κ1) is 20.8. The molecule has 1 heterocycles. The Hall–Kier alpha value is -1.88. The molecule has 1 aliphatic heterocycles. The SMILES string of the molecule is O=S(=O)(NC1(c2ccc(Cl)c(F)c2)CCNC1)c1ccc(OC(F)(F)F)cc1. The lowest BCUT2D eigenvalue weighted by Crippen LogP contribution is -2.47. The molecule has 28 heavy (non-hydrogen) atoms. The third-order valence-corrected chi connectivity index (χ3v) is 6.18. The van der Waals surface area contributed by atoms with Gasteiger partial charge in [-0.25, -0.2) is 12.8 Å². The van der Waals surface area contributed by atoms with Crippen LogP contribution in [0.4, 0.5) is 17.6 Å². The van der Waals surface area contributed by atoms with Crippen LogP contribution in [0.1, 0.15) is 12.0 Å². The fourth-order valence-electron chi connectivity index (χ4n) is 3.01. The molecule has 5 nitrogen and oxygen atoms in total. The maximum Gasteiger partial charge on any atom is 0.573 e. The van der Waals surface area contributed by atoms with Crippen molar-refractivity contribution in [2.45, 2.75) is 23.2 Å². The summed E-state index contributed by atoms with van der Waals surface area (Å²) < 4.78 is 82.5. The van der Waals surface area contributed by atoms with Gasteiger partial charge in [0, 0.05) is 6.54 Å². The zero-order valence-electron chi connectivity index (χ0n) is 14.2. The molecule has 2 N–H and O–H groups in total. The molecule has 11 heteroatoms. The third kappa shape index (κ3) is 4.57. The number of ether oxygens (including phenoxy) is 1. The summed E-state index contributed by atoms with van der Waals surface area (Å²) in [5, 5.41) is 2.94. The third-order valence-electron chi connectivity index (χ3n) is 4.32. The average molecular weight is 439 g/mol. The number of nitrogens with one attached hydrogen (secondary N) is 2. The van der Waals surface area contributed by atoms with E-state index in [0.29, 0.717) is 18.5 Å². The Balaban J connectivity index is 1.89. The van der Waals surface area contributed by atoms with Crippen molar-refractivity contribution < 1.29 is 30.7 Å². The summed E-state index contributed by atoms with van der Waals surface area (Å²) in [6.07, 6.45) is -4.53. The maximum atomic E-state index is 13.9. The molecule has 1 atom stereocenters. The lowest BCUT2D eigenvalue weighted by Gasteiger charge is -2.30. The summed E-state index contributed by atoms with van der Waals surface area (Å²) >= 11 is 5.70. The zero-order chi connectivity index (χ0) is 20.6. The second-order valence-electron chi connectivity index (χ2n) is 6.26. The highest BCUT2D eigenvalue weighted by Gasteiger charge is 2.40. The maximum absolute atomic E-state index is 13.9. The number of rotatable bonds is 5. The van der Waals surface area contributed by atoms with Crippen molar-refractivity contribution in [2.24, 2.45) is 0 Å². The van der Waals surface area contributed by atoms with Crippen LogP contribution >= 0.6 is 11.6 Å². The van der Waals surface area contributed by atoms with Gasteiger partial charge in [0.05, 0.1) is 15.5 Å². The van der Waals surface area contributed by atoms with Gasteiger partial charge < -0.3 is 10.1 Å². The van der Waals surface area contributed by atoms with Gasteiger partial charge in [-0.2, -0.15) is 4.72 Å². The van der Waals surface area contributed by atoms with E-state index in [-0.39, 0.29) is 16.5 Å². The molecule has 1 aliphatic rings. The molecule has 2 aromatic carbocycles. The van der Waals surface area contributed by atoms with Crippen molar-refractivity contribution in [2.75, 3.05) is 13.1 Å². The van der Waals surface area contributed by atoms with Crippen LogP contribution in [-0.2, 0) is 15.6 Å². The summed E-state index contributed by atoms with van der Waals surface area (Å²) in [6, 6.07) is 7.85. The van der Waals surface area contributed by atoms with E-state index in [4.69, 9.17) is 11.6 Å². The van der Waals surface area contributed by atoms with Gasteiger partial charge in [0.15, 0.2) is 0 Å². The van der Waals surface area contributed by atoms with Crippen LogP contribution in [0.15, 0.2) is 47.4 Å². The molecule has 0 bridgehead atoms. The molecule has 1 fully saturated rings. The number of hydrogen-bond donors (Lipinski definition) is 2. The first-order valence-corrected chi connectivity index (χ1v) is 9.93. The smallest absolute Gasteiger partial charge is 0.406 e. The first-order chi connectivity index (χ1) is 13.0. The van der Waals surface area contributed by atoms with Gasteiger partial charge in [-0.1, -0.05) is 17.7 Å². The Bertz CT molecular complexity index is 959. The number of alkyl halides is 3. The topological polar surface area (TPSA) is 67.4 Å². The fourth-order valence-corrected chi connectivity index (χ4v) is 4.55. The highest BCUT2D eigenvalue weighted by atomic mass is 35.5. The van der Waals surface area contributed by atoms with Crippen molar-refractivity contribution in [3.63, 3.8) is 0 Å². The second-order valence-corrected chi connectivity index (χ2v) is 8.35. The lowest BCUT2D eigenvalue weighted by molar-refractivity contribution is -0.274. The van der Waals surface area contributed by atoms with E-state index in [1.54, 1.807) is 0 Å². The van der Waals surface area contributed by atoms with Crippen molar-refractivity contribution in [3.8, 4) is 5.75 Å². The largest absolute Gasteiger partial charge is 0.573 e. The standard InChI is InChI=1S/C17H15ClF4N2O3S/c18-14-6-1-11(9-15(14)19)16(7-8-23-10-16)24-28(25,26)13-4-2-12(3-5-13)27-17(20,21)22/h1-6,9,23-24H,7-8,10H2. The molecule has 0 radical (unpaired) electrons. The van der Waals surface area contributed by atoms with E-state index < -0.39 is 33.5 Å². The summed E-state index contributed by atoms with van der Waals surface area (Å²) in [7, 11) is -4.12. The van der Waals surface area contributed by atoms with Gasteiger partial charge in [0.1, 0.15) is 11.6 Å². The van der Waals surface area contributed by atoms with Gasteiger partial charge in [-0.15, -0.1) is 13.2 Å². The Morgan fingerprint density at radius 3 is 2.36 bits per heavy atom. The average Bonchev–Trinajstić information content (AvgIpc) is 3.05. The van der Waals surface area contributed by atoms with Gasteiger partial charge in [0.25, 0.3) is 0 Å². The summed E-state index contributed by atoms with van der Waals surface area (Å²) in [5.41, 5.74) is -0.731. The minimum Gasteiger partial charge on any atom is -0.406 e. The highest BCUT2D eigenvalue weighted by molar-refractivity contribution is 7.89. The molecule has 1 saturated heterocycles. The lowest BCUT2D eigenvalue weighted by atomic mass is 9.90. The molecule has 0 saturated carbocycles. The van der Waals surface area contributed by atoms with E-state index in [1.165, 1.54) is 12.1 Å². The normalized spacial score (nSPS) is 20.3. The molecule has 0 amide bonds. The second kappa shape index (κ2) is 7.51. The molecular formula is C17H15ClF4N2O3S. The number of sulfonamides is 1. The van der Waals surface area contributed by atoms with E-state index >= 15 is 0 Å². The Labute approximate surface area is 163 Å². The minimum absolute atomic E-state index is 0.0898. The zero-order valence-corrected chi connectivity index (χ0v) is 15.8. The fraction of sp³-hybridized carbons (Fsp3) is 0.294. The van der Waals surface area contributed by atoms with E-state index in [9.17, 15) is 26.0 Å². The summed E-state index contributed by atoms with van der Waals surface area (Å²) in [6.45, 7) is 0.702. The molecular weight excluding hydrogens is 424 g/mol. The van der Waals surface area contributed by atoms with Crippen LogP contribution < -0.4 is 14.8 Å². The van der Waals surface area contributed by atoms with Crippen molar-refractivity contribution in [3.05, 3.63) is 58.9 Å². The molecule has 2 aromatic rings. The van der Waals surface area contributed by atoms with Gasteiger partial charge in [0.2, 0.25) is 10.0 Å². The van der Waals surface area contributed by atoms with E-state index in [0.717, 1.165) is 30.3 Å². The van der Waals surface area contributed by atoms with Crippen LogP contribution in [0, 0.1) is 5.82 Å². The predicted octanol–water partition coefficient (Wildman–Crippen LogP) is 3.54. The van der Waals surface area contributed by atoms with Crippen molar-refractivity contribution in [1.82, 2.24) is 10.0 Å². The molecule has 1 unspecified atom stereocenters. The predicted molar refractivity (Wildman–Crippen MR) is 94.0 cm³/mol. The van der Waals surface area contributed by atoms with Crippen molar-refractivity contribution >= 4 is 21.6 Å². The molecule has 0 spiro atoms. The van der Waals surface area contributed by atoms with Gasteiger partial charge >= 0.3 is 6.36 Å². The van der Waals surface area contributed by atoms with E-state index in [2.05, 4.69) is 14.8 Å². The van der Waals surface area contributed by atoms with E-state index in [1.807, 2.05) is 0 Å². The highest BCUT2D eigenvalue weighted by Crippen LogP contribution is 2.32. The monoisotopic (exact) mass is 438 g/mol. The summed E-state index contributed by atoms with van der Waals surface area (Å²) in [5.74, 6) is -1.22. The van der Waals surface area contributed by atoms with Crippen LogP contribution in [0.5, 0.6) is 5.75 Å². The van der Waals surface area contributed by atoms with Gasteiger partial charge in [-0.05, 0) is 54.9 Å². The Morgan fingerprint density at radius 2 is 1.82 bits per heavy atom. The van der Waals surface area contributed by atoms with Crippen LogP contribution in [-0.4, -0.2) is 27.9 Å². The number of hydrogen-bond acceptors (Lipinski definition) is 4. The van der Waals surface area contributed by atoms with Crippen LogP contribution in [0.3, 0.4) is 0 Å². The first-order valence-electron chi connectivity index (χ1n) is 8.07. The molecule has 0 aliphatic carbocycles. The van der Waals surface area contributed by atoms with Crippen molar-refractivity contribution in [1.29, 1.82) is 0 Å². The molecule has 0 aromatic heterocycles. The van der Waals surface area contributed by atoms with Gasteiger partial charge in [-0.3, -0.25) is 0 Å². The quantitative estimate of drug-likeness (QED) is 0.701. The molecule has 152 valence electrons. The van der Waals surface area contributed by atoms with Crippen LogP contribution in [0.2, 0.25) is 5.02 Å². The Morgan fingerprint density at radius 1 is 1.14 bits per heavy atom. The van der Waals surface area contributed by atoms with Crippen LogP contribution in [0.25, 0.3) is 0 Å².